The highest BCUT2D eigenvalue weighted by Crippen LogP contribution is 2.27. The van der Waals surface area contributed by atoms with Gasteiger partial charge in [-0.3, -0.25) is 0 Å². The first-order valence-corrected chi connectivity index (χ1v) is 7.95. The molecular formula is C16H24BrNO. The molecule has 1 saturated heterocycles. The normalized spacial score (nSPS) is 24.1. The fourth-order valence-corrected chi connectivity index (χ4v) is 3.25. The SMILES string of the molecule is CCC(NC1CCOC(C)(C)C1)c1cccc(Br)c1. The van der Waals surface area contributed by atoms with Gasteiger partial charge in [0, 0.05) is 23.2 Å². The van der Waals surface area contributed by atoms with Gasteiger partial charge in [-0.2, -0.15) is 0 Å². The van der Waals surface area contributed by atoms with Gasteiger partial charge < -0.3 is 10.1 Å². The van der Waals surface area contributed by atoms with E-state index in [0.29, 0.717) is 12.1 Å². The first kappa shape index (κ1) is 15.0. The van der Waals surface area contributed by atoms with E-state index in [-0.39, 0.29) is 5.60 Å². The van der Waals surface area contributed by atoms with Gasteiger partial charge in [-0.25, -0.2) is 0 Å². The van der Waals surface area contributed by atoms with Crippen molar-refractivity contribution < 1.29 is 4.74 Å². The molecule has 0 spiro atoms. The highest BCUT2D eigenvalue weighted by atomic mass is 79.9. The summed E-state index contributed by atoms with van der Waals surface area (Å²) in [7, 11) is 0. The zero-order valence-electron chi connectivity index (χ0n) is 12.1. The fourth-order valence-electron chi connectivity index (χ4n) is 2.83. The van der Waals surface area contributed by atoms with Crippen molar-refractivity contribution in [3.05, 3.63) is 34.3 Å². The lowest BCUT2D eigenvalue weighted by Gasteiger charge is -2.37. The zero-order chi connectivity index (χ0) is 13.9. The first-order chi connectivity index (χ1) is 9.00. The van der Waals surface area contributed by atoms with Crippen LogP contribution < -0.4 is 5.32 Å². The second-order valence-corrected chi connectivity index (χ2v) is 6.90. The number of ether oxygens (including phenoxy) is 1. The molecule has 0 bridgehead atoms. The summed E-state index contributed by atoms with van der Waals surface area (Å²) >= 11 is 3.56. The second-order valence-electron chi connectivity index (χ2n) is 5.98. The molecule has 2 rings (SSSR count). The Hall–Kier alpha value is -0.380. The molecule has 0 amide bonds. The van der Waals surface area contributed by atoms with Crippen molar-refractivity contribution in [3.63, 3.8) is 0 Å². The number of hydrogen-bond acceptors (Lipinski definition) is 2. The maximum absolute atomic E-state index is 5.79. The van der Waals surface area contributed by atoms with E-state index in [9.17, 15) is 0 Å². The molecule has 1 fully saturated rings. The van der Waals surface area contributed by atoms with Crippen LogP contribution in [0.3, 0.4) is 0 Å². The van der Waals surface area contributed by atoms with Crippen molar-refractivity contribution in [2.75, 3.05) is 6.61 Å². The van der Waals surface area contributed by atoms with Crippen molar-refractivity contribution in [2.24, 2.45) is 0 Å². The summed E-state index contributed by atoms with van der Waals surface area (Å²) in [6.07, 6.45) is 3.29. The minimum absolute atomic E-state index is 0.00544. The van der Waals surface area contributed by atoms with E-state index < -0.39 is 0 Å². The molecule has 0 aromatic heterocycles. The summed E-state index contributed by atoms with van der Waals surface area (Å²) in [6, 6.07) is 9.58. The van der Waals surface area contributed by atoms with Gasteiger partial charge in [0.25, 0.3) is 0 Å². The molecule has 1 N–H and O–H groups in total. The topological polar surface area (TPSA) is 21.3 Å². The molecule has 1 aromatic carbocycles. The fraction of sp³-hybridized carbons (Fsp3) is 0.625. The third kappa shape index (κ3) is 4.30. The smallest absolute Gasteiger partial charge is 0.0641 e. The van der Waals surface area contributed by atoms with Gasteiger partial charge in [-0.05, 0) is 50.8 Å². The van der Waals surface area contributed by atoms with Crippen molar-refractivity contribution >= 4 is 15.9 Å². The molecule has 2 atom stereocenters. The standard InChI is InChI=1S/C16H24BrNO/c1-4-15(12-6-5-7-13(17)10-12)18-14-8-9-19-16(2,3)11-14/h5-7,10,14-15,18H,4,8-9,11H2,1-3H3. The Balaban J connectivity index is 2.03. The monoisotopic (exact) mass is 325 g/mol. The number of hydrogen-bond donors (Lipinski definition) is 1. The maximum atomic E-state index is 5.79. The summed E-state index contributed by atoms with van der Waals surface area (Å²) in [5.74, 6) is 0. The lowest BCUT2D eigenvalue weighted by molar-refractivity contribution is -0.0642. The summed E-state index contributed by atoms with van der Waals surface area (Å²) in [4.78, 5) is 0. The molecule has 1 aliphatic rings. The minimum Gasteiger partial charge on any atom is -0.375 e. The van der Waals surface area contributed by atoms with Crippen LogP contribution in [0.5, 0.6) is 0 Å². The molecule has 0 aliphatic carbocycles. The van der Waals surface area contributed by atoms with Crippen LogP contribution in [0.15, 0.2) is 28.7 Å². The van der Waals surface area contributed by atoms with Gasteiger partial charge in [0.15, 0.2) is 0 Å². The molecule has 0 radical (unpaired) electrons. The predicted octanol–water partition coefficient (Wildman–Crippen LogP) is 4.45. The second kappa shape index (κ2) is 6.38. The van der Waals surface area contributed by atoms with Crippen LogP contribution in [0.1, 0.15) is 51.6 Å². The lowest BCUT2D eigenvalue weighted by atomic mass is 9.92. The minimum atomic E-state index is 0.00544. The third-order valence-corrected chi connectivity index (χ3v) is 4.29. The molecular weight excluding hydrogens is 302 g/mol. The number of rotatable bonds is 4. The van der Waals surface area contributed by atoms with Gasteiger partial charge in [0.1, 0.15) is 0 Å². The van der Waals surface area contributed by atoms with Gasteiger partial charge in [0.05, 0.1) is 5.60 Å². The van der Waals surface area contributed by atoms with Crippen LogP contribution in [0.25, 0.3) is 0 Å². The van der Waals surface area contributed by atoms with Crippen LogP contribution in [-0.4, -0.2) is 18.2 Å². The Morgan fingerprint density at radius 2 is 2.26 bits per heavy atom. The van der Waals surface area contributed by atoms with Crippen LogP contribution in [0.4, 0.5) is 0 Å². The third-order valence-electron chi connectivity index (χ3n) is 3.79. The number of halogens is 1. The van der Waals surface area contributed by atoms with E-state index in [4.69, 9.17) is 4.74 Å². The molecule has 3 heteroatoms. The molecule has 106 valence electrons. The van der Waals surface area contributed by atoms with Gasteiger partial charge in [0.2, 0.25) is 0 Å². The van der Waals surface area contributed by atoms with E-state index in [2.05, 4.69) is 66.3 Å². The van der Waals surface area contributed by atoms with E-state index in [1.54, 1.807) is 0 Å². The molecule has 1 aliphatic heterocycles. The van der Waals surface area contributed by atoms with E-state index in [0.717, 1.165) is 30.3 Å². The summed E-state index contributed by atoms with van der Waals surface area (Å²) < 4.78 is 6.94. The highest BCUT2D eigenvalue weighted by Gasteiger charge is 2.29. The number of nitrogens with one attached hydrogen (secondary N) is 1. The van der Waals surface area contributed by atoms with Crippen LogP contribution >= 0.6 is 15.9 Å². The van der Waals surface area contributed by atoms with Crippen LogP contribution in [-0.2, 0) is 4.74 Å². The Bertz CT molecular complexity index is 419. The quantitative estimate of drug-likeness (QED) is 0.883. The Morgan fingerprint density at radius 1 is 1.47 bits per heavy atom. The zero-order valence-corrected chi connectivity index (χ0v) is 13.7. The Morgan fingerprint density at radius 3 is 2.89 bits per heavy atom. The Kier molecular flexibility index (Phi) is 5.04. The Labute approximate surface area is 125 Å². The molecule has 1 heterocycles. The lowest BCUT2D eigenvalue weighted by Crippen LogP contribution is -2.44. The summed E-state index contributed by atoms with van der Waals surface area (Å²) in [6.45, 7) is 7.46. The van der Waals surface area contributed by atoms with Gasteiger partial charge >= 0.3 is 0 Å². The molecule has 19 heavy (non-hydrogen) atoms. The molecule has 1 aromatic rings. The molecule has 2 unspecified atom stereocenters. The van der Waals surface area contributed by atoms with Gasteiger partial charge in [-0.1, -0.05) is 35.0 Å². The van der Waals surface area contributed by atoms with Crippen molar-refractivity contribution in [1.82, 2.24) is 5.32 Å². The molecule has 2 nitrogen and oxygen atoms in total. The van der Waals surface area contributed by atoms with E-state index in [1.165, 1.54) is 5.56 Å². The van der Waals surface area contributed by atoms with Crippen LogP contribution in [0, 0.1) is 0 Å². The average molecular weight is 326 g/mol. The van der Waals surface area contributed by atoms with Crippen molar-refractivity contribution in [2.45, 2.75) is 57.7 Å². The summed E-state index contributed by atoms with van der Waals surface area (Å²) in [5.41, 5.74) is 1.37. The van der Waals surface area contributed by atoms with Crippen molar-refractivity contribution in [1.29, 1.82) is 0 Å². The first-order valence-electron chi connectivity index (χ1n) is 7.15. The largest absolute Gasteiger partial charge is 0.375 e. The molecule has 0 saturated carbocycles. The van der Waals surface area contributed by atoms with E-state index >= 15 is 0 Å². The maximum Gasteiger partial charge on any atom is 0.0641 e. The van der Waals surface area contributed by atoms with Crippen LogP contribution in [0.2, 0.25) is 0 Å². The van der Waals surface area contributed by atoms with Gasteiger partial charge in [-0.15, -0.1) is 0 Å². The predicted molar refractivity (Wildman–Crippen MR) is 83.4 cm³/mol. The van der Waals surface area contributed by atoms with Crippen molar-refractivity contribution in [3.8, 4) is 0 Å². The number of benzene rings is 1. The average Bonchev–Trinajstić information content (AvgIpc) is 2.35. The summed E-state index contributed by atoms with van der Waals surface area (Å²) in [5, 5.41) is 3.80. The highest BCUT2D eigenvalue weighted by molar-refractivity contribution is 9.10. The van der Waals surface area contributed by atoms with E-state index in [1.807, 2.05) is 0 Å².